The zero-order chi connectivity index (χ0) is 16.7. The maximum absolute atomic E-state index is 11.2. The Morgan fingerprint density at radius 1 is 1.21 bits per heavy atom. The van der Waals surface area contributed by atoms with Crippen LogP contribution in [0.5, 0.6) is 0 Å². The molecule has 3 aromatic rings. The predicted octanol–water partition coefficient (Wildman–Crippen LogP) is 3.75. The van der Waals surface area contributed by atoms with Crippen LogP contribution < -0.4 is 0 Å². The van der Waals surface area contributed by atoms with E-state index in [0.717, 1.165) is 29.7 Å². The SMILES string of the molecule is CC(Sc1nnc2n(C3CCCCC3)c3ccccc3n12)C(=O)O. The first-order valence-corrected chi connectivity index (χ1v) is 9.28. The van der Waals surface area contributed by atoms with Gasteiger partial charge in [0.25, 0.3) is 0 Å². The van der Waals surface area contributed by atoms with Gasteiger partial charge in [0.15, 0.2) is 5.16 Å². The lowest BCUT2D eigenvalue weighted by Gasteiger charge is -2.23. The van der Waals surface area contributed by atoms with E-state index in [-0.39, 0.29) is 0 Å². The van der Waals surface area contributed by atoms with Crippen LogP contribution in [0.3, 0.4) is 0 Å². The summed E-state index contributed by atoms with van der Waals surface area (Å²) in [5, 5.41) is 18.0. The van der Waals surface area contributed by atoms with Crippen molar-refractivity contribution in [2.45, 2.75) is 55.5 Å². The zero-order valence-corrected chi connectivity index (χ0v) is 14.4. The lowest BCUT2D eigenvalue weighted by atomic mass is 9.95. The van der Waals surface area contributed by atoms with Crippen molar-refractivity contribution in [3.63, 3.8) is 0 Å². The van der Waals surface area contributed by atoms with E-state index < -0.39 is 11.2 Å². The molecular weight excluding hydrogens is 324 g/mol. The summed E-state index contributed by atoms with van der Waals surface area (Å²) in [6.07, 6.45) is 6.12. The minimum absolute atomic E-state index is 0.445. The van der Waals surface area contributed by atoms with Crippen molar-refractivity contribution in [2.24, 2.45) is 0 Å². The van der Waals surface area contributed by atoms with Gasteiger partial charge in [0, 0.05) is 6.04 Å². The van der Waals surface area contributed by atoms with Crippen LogP contribution in [0, 0.1) is 0 Å². The standard InChI is InChI=1S/C17H20N4O2S/c1-11(15(22)23)24-17-19-18-16-20(12-7-3-2-4-8-12)13-9-5-6-10-14(13)21(16)17/h5-6,9-12H,2-4,7-8H2,1H3,(H,22,23). The molecule has 0 saturated heterocycles. The van der Waals surface area contributed by atoms with Crippen LogP contribution in [-0.2, 0) is 4.79 Å². The second kappa shape index (κ2) is 6.12. The molecular formula is C17H20N4O2S. The fourth-order valence-electron chi connectivity index (χ4n) is 3.58. The minimum atomic E-state index is -0.840. The number of nitrogens with zero attached hydrogens (tertiary/aromatic N) is 4. The molecule has 1 aromatic carbocycles. The molecule has 1 fully saturated rings. The number of para-hydroxylation sites is 2. The van der Waals surface area contributed by atoms with Crippen LogP contribution in [-0.4, -0.2) is 35.5 Å². The Balaban J connectivity index is 1.89. The van der Waals surface area contributed by atoms with E-state index in [2.05, 4.69) is 26.9 Å². The summed E-state index contributed by atoms with van der Waals surface area (Å²) in [4.78, 5) is 11.2. The van der Waals surface area contributed by atoms with E-state index in [4.69, 9.17) is 0 Å². The Morgan fingerprint density at radius 3 is 2.62 bits per heavy atom. The molecule has 0 radical (unpaired) electrons. The minimum Gasteiger partial charge on any atom is -0.480 e. The first kappa shape index (κ1) is 15.5. The number of benzene rings is 1. The summed E-state index contributed by atoms with van der Waals surface area (Å²) in [5.41, 5.74) is 2.20. The number of hydrogen-bond acceptors (Lipinski definition) is 4. The summed E-state index contributed by atoms with van der Waals surface area (Å²) in [7, 11) is 0. The van der Waals surface area contributed by atoms with E-state index in [1.807, 2.05) is 16.5 Å². The molecule has 1 aliphatic carbocycles. The summed E-state index contributed by atoms with van der Waals surface area (Å²) < 4.78 is 4.31. The average molecular weight is 344 g/mol. The van der Waals surface area contributed by atoms with Crippen LogP contribution in [0.25, 0.3) is 16.8 Å². The van der Waals surface area contributed by atoms with Gasteiger partial charge in [-0.15, -0.1) is 10.2 Å². The van der Waals surface area contributed by atoms with E-state index in [0.29, 0.717) is 11.2 Å². The highest BCUT2D eigenvalue weighted by atomic mass is 32.2. The third kappa shape index (κ3) is 2.47. The molecule has 1 unspecified atom stereocenters. The Hall–Kier alpha value is -2.02. The molecule has 0 bridgehead atoms. The van der Waals surface area contributed by atoms with Gasteiger partial charge in [0.2, 0.25) is 5.78 Å². The number of fused-ring (bicyclic) bond motifs is 3. The molecule has 126 valence electrons. The summed E-state index contributed by atoms with van der Waals surface area (Å²) in [5.74, 6) is -0.0176. The van der Waals surface area contributed by atoms with Gasteiger partial charge in [-0.05, 0) is 31.9 Å². The fourth-order valence-corrected chi connectivity index (χ4v) is 4.37. The molecule has 24 heavy (non-hydrogen) atoms. The van der Waals surface area contributed by atoms with Crippen molar-refractivity contribution in [3.8, 4) is 0 Å². The molecule has 2 heterocycles. The third-order valence-corrected chi connectivity index (χ3v) is 5.81. The van der Waals surface area contributed by atoms with Crippen LogP contribution in [0.15, 0.2) is 29.4 Å². The quantitative estimate of drug-likeness (QED) is 0.730. The first-order valence-electron chi connectivity index (χ1n) is 8.40. The van der Waals surface area contributed by atoms with Crippen molar-refractivity contribution in [3.05, 3.63) is 24.3 Å². The molecule has 0 aliphatic heterocycles. The van der Waals surface area contributed by atoms with Crippen LogP contribution in [0.1, 0.15) is 45.1 Å². The normalized spacial score (nSPS) is 17.5. The summed E-state index contributed by atoms with van der Waals surface area (Å²) in [6.45, 7) is 1.67. The highest BCUT2D eigenvalue weighted by Gasteiger charge is 2.25. The van der Waals surface area contributed by atoms with Crippen molar-refractivity contribution in [2.75, 3.05) is 0 Å². The Morgan fingerprint density at radius 2 is 1.92 bits per heavy atom. The molecule has 1 N–H and O–H groups in total. The molecule has 2 aromatic heterocycles. The van der Waals surface area contributed by atoms with E-state index in [1.54, 1.807) is 6.92 Å². The van der Waals surface area contributed by atoms with Crippen molar-refractivity contribution >= 4 is 34.5 Å². The van der Waals surface area contributed by atoms with Gasteiger partial charge in [-0.2, -0.15) is 0 Å². The van der Waals surface area contributed by atoms with Gasteiger partial charge in [0.1, 0.15) is 5.25 Å². The number of imidazole rings is 1. The van der Waals surface area contributed by atoms with Crippen LogP contribution in [0.4, 0.5) is 0 Å². The number of carbonyl (C=O) groups is 1. The topological polar surface area (TPSA) is 72.4 Å². The van der Waals surface area contributed by atoms with Gasteiger partial charge in [-0.25, -0.2) is 0 Å². The average Bonchev–Trinajstić information content (AvgIpc) is 3.14. The molecule has 7 heteroatoms. The van der Waals surface area contributed by atoms with Crippen molar-refractivity contribution in [1.29, 1.82) is 0 Å². The Labute approximate surface area is 143 Å². The van der Waals surface area contributed by atoms with Gasteiger partial charge in [0.05, 0.1) is 11.0 Å². The van der Waals surface area contributed by atoms with Crippen LogP contribution >= 0.6 is 11.8 Å². The van der Waals surface area contributed by atoms with Gasteiger partial charge >= 0.3 is 5.97 Å². The largest absolute Gasteiger partial charge is 0.480 e. The Bertz CT molecular complexity index is 895. The second-order valence-electron chi connectivity index (χ2n) is 6.37. The van der Waals surface area contributed by atoms with Gasteiger partial charge < -0.3 is 9.67 Å². The van der Waals surface area contributed by atoms with E-state index in [1.165, 1.54) is 31.0 Å². The number of rotatable bonds is 4. The molecule has 0 amide bonds. The number of aliphatic carboxylic acids is 1. The van der Waals surface area contributed by atoms with Gasteiger partial charge in [-0.1, -0.05) is 43.2 Å². The maximum atomic E-state index is 11.2. The molecule has 1 aliphatic rings. The Kier molecular flexibility index (Phi) is 3.96. The molecule has 0 spiro atoms. The number of aromatic nitrogens is 4. The molecule has 4 rings (SSSR count). The summed E-state index contributed by atoms with van der Waals surface area (Å²) in [6, 6.07) is 8.66. The van der Waals surface area contributed by atoms with Crippen molar-refractivity contribution < 1.29 is 9.90 Å². The summed E-state index contributed by atoms with van der Waals surface area (Å²) >= 11 is 1.24. The lowest BCUT2D eigenvalue weighted by molar-refractivity contribution is -0.136. The molecule has 1 saturated carbocycles. The highest BCUT2D eigenvalue weighted by molar-refractivity contribution is 8.00. The molecule has 1 atom stereocenters. The lowest BCUT2D eigenvalue weighted by Crippen LogP contribution is -2.13. The monoisotopic (exact) mass is 344 g/mol. The van der Waals surface area contributed by atoms with E-state index >= 15 is 0 Å². The second-order valence-corrected chi connectivity index (χ2v) is 7.67. The van der Waals surface area contributed by atoms with E-state index in [9.17, 15) is 9.90 Å². The number of carboxylic acids is 1. The van der Waals surface area contributed by atoms with Crippen molar-refractivity contribution in [1.82, 2.24) is 19.2 Å². The maximum Gasteiger partial charge on any atom is 0.316 e. The third-order valence-electron chi connectivity index (χ3n) is 4.78. The zero-order valence-electron chi connectivity index (χ0n) is 13.6. The first-order chi connectivity index (χ1) is 11.7. The number of carboxylic acid groups (broad SMARTS) is 1. The smallest absolute Gasteiger partial charge is 0.316 e. The highest BCUT2D eigenvalue weighted by Crippen LogP contribution is 2.35. The fraction of sp³-hybridized carbons (Fsp3) is 0.471. The van der Waals surface area contributed by atoms with Crippen LogP contribution in [0.2, 0.25) is 0 Å². The number of hydrogen-bond donors (Lipinski definition) is 1. The number of thioether (sulfide) groups is 1. The van der Waals surface area contributed by atoms with Gasteiger partial charge in [-0.3, -0.25) is 9.20 Å². The molecule has 6 nitrogen and oxygen atoms in total. The predicted molar refractivity (Wildman–Crippen MR) is 93.6 cm³/mol.